The van der Waals surface area contributed by atoms with Crippen molar-refractivity contribution in [2.45, 2.75) is 22.2 Å². The third kappa shape index (κ3) is 12.0. The van der Waals surface area contributed by atoms with E-state index < -0.39 is 0 Å². The zero-order chi connectivity index (χ0) is 76.7. The lowest BCUT2D eigenvalue weighted by atomic mass is 9.84. The average molecular weight is 1410 g/mol. The van der Waals surface area contributed by atoms with Gasteiger partial charge in [0.05, 0.1) is 0 Å². The molecular formula is C109H80O. The Labute approximate surface area is 646 Å². The van der Waals surface area contributed by atoms with Gasteiger partial charge in [0.2, 0.25) is 0 Å². The van der Waals surface area contributed by atoms with E-state index in [0.29, 0.717) is 0 Å². The monoisotopic (exact) mass is 1410 g/mol. The maximum absolute atomic E-state index is 6.10. The molecule has 0 bridgehead atoms. The van der Waals surface area contributed by atoms with Crippen LogP contribution in [0.2, 0.25) is 0 Å². The van der Waals surface area contributed by atoms with E-state index >= 15 is 0 Å². The van der Waals surface area contributed by atoms with Crippen LogP contribution in [-0.4, -0.2) is 0 Å². The zero-order valence-corrected chi connectivity index (χ0v) is 61.7. The van der Waals surface area contributed by atoms with Crippen LogP contribution in [0.15, 0.2) is 417 Å². The Morgan fingerprint density at radius 1 is 0.145 bits per heavy atom. The highest BCUT2D eigenvalue weighted by atomic mass is 16.3. The topological polar surface area (TPSA) is 13.1 Å². The van der Waals surface area contributed by atoms with E-state index in [9.17, 15) is 0 Å². The summed E-state index contributed by atoms with van der Waals surface area (Å²) in [6.07, 6.45) is 0. The second-order valence-electron chi connectivity index (χ2n) is 28.0. The molecule has 22 rings (SSSR count). The molecule has 0 atom stereocenters. The lowest BCUT2D eigenvalue weighted by Gasteiger charge is -2.19. The highest BCUT2D eigenvalue weighted by Gasteiger charge is 2.22. The van der Waals surface area contributed by atoms with Gasteiger partial charge >= 0.3 is 0 Å². The van der Waals surface area contributed by atoms with E-state index in [4.69, 9.17) is 8.53 Å². The van der Waals surface area contributed by atoms with Crippen molar-refractivity contribution < 1.29 is 8.53 Å². The molecule has 1 heterocycles. The van der Waals surface area contributed by atoms with Crippen LogP contribution in [0.1, 0.15) is 26.3 Å². The van der Waals surface area contributed by atoms with Crippen LogP contribution in [-0.2, 0) is 0 Å². The maximum Gasteiger partial charge on any atom is 0.135 e. The SMILES string of the molecule is [2H]C.[2H]C.[2H]C.c1ccc(-c2c3ccccc3c(-c3ccc4oc5ccccc5c4c3)c3ccccc23)cc1.c1ccc2cc(-c3c4ccccc4c(-c4cccc5ccccc45)c4ccccc34)ccc2c1.c1ccc2cc(-c3ccc(-c4c5ccccc5c(-c5cccc6ccccc56)c5ccccc45)cc3)ccc2c1. The summed E-state index contributed by atoms with van der Waals surface area (Å²) in [6, 6.07) is 149. The Kier molecular flexibility index (Phi) is 17.5. The quantitative estimate of drug-likeness (QED) is 0.145. The van der Waals surface area contributed by atoms with E-state index in [2.05, 4.69) is 400 Å². The Balaban J connectivity index is 0.000000119. The van der Waals surface area contributed by atoms with Gasteiger partial charge in [-0.15, -0.1) is 0 Å². The lowest BCUT2D eigenvalue weighted by Crippen LogP contribution is -1.91. The van der Waals surface area contributed by atoms with Crippen molar-refractivity contribution in [2.75, 3.05) is 0 Å². The zero-order valence-electron chi connectivity index (χ0n) is 64.7. The molecule has 0 unspecified atom stereocenters. The van der Waals surface area contributed by atoms with Crippen LogP contribution in [0, 0.1) is 0 Å². The Hall–Kier alpha value is -14.0. The number of hydrogen-bond donors (Lipinski definition) is 0. The van der Waals surface area contributed by atoms with Crippen molar-refractivity contribution in [2.24, 2.45) is 0 Å². The molecule has 0 aliphatic rings. The van der Waals surface area contributed by atoms with Gasteiger partial charge in [0.1, 0.15) is 11.2 Å². The van der Waals surface area contributed by atoms with Crippen LogP contribution in [0.5, 0.6) is 0 Å². The van der Waals surface area contributed by atoms with Crippen molar-refractivity contribution in [1.82, 2.24) is 0 Å². The van der Waals surface area contributed by atoms with Gasteiger partial charge in [-0.25, -0.2) is 0 Å². The predicted octanol–water partition coefficient (Wildman–Crippen LogP) is 32.1. The fraction of sp³-hybridized carbons (Fsp3) is 0.0275. The molecule has 0 amide bonds. The highest BCUT2D eigenvalue weighted by molar-refractivity contribution is 6.26. The molecule has 22 aromatic rings. The molecular weight excluding hydrogens is 1330 g/mol. The van der Waals surface area contributed by atoms with Gasteiger partial charge in [-0.2, -0.15) is 0 Å². The molecule has 522 valence electrons. The minimum absolute atomic E-state index is 0.925. The van der Waals surface area contributed by atoms with Crippen LogP contribution < -0.4 is 0 Å². The molecule has 1 heteroatoms. The van der Waals surface area contributed by atoms with Crippen LogP contribution in [0.25, 0.3) is 208 Å². The molecule has 110 heavy (non-hydrogen) atoms. The van der Waals surface area contributed by atoms with Gasteiger partial charge < -0.3 is 4.42 Å². The number of benzene rings is 21. The summed E-state index contributed by atoms with van der Waals surface area (Å²) in [6.45, 7) is 0. The number of hydrogen-bond acceptors (Lipinski definition) is 1. The Morgan fingerprint density at radius 3 is 0.836 bits per heavy atom. The van der Waals surface area contributed by atoms with Crippen molar-refractivity contribution in [3.05, 3.63) is 413 Å². The van der Waals surface area contributed by atoms with Crippen molar-refractivity contribution in [3.8, 4) is 77.9 Å². The van der Waals surface area contributed by atoms with Crippen molar-refractivity contribution in [1.29, 1.82) is 0 Å². The fourth-order valence-corrected chi connectivity index (χ4v) is 17.1. The number of furan rings is 1. The highest BCUT2D eigenvalue weighted by Crippen LogP contribution is 2.50. The van der Waals surface area contributed by atoms with Gasteiger partial charge in [-0.1, -0.05) is 404 Å². The molecule has 0 saturated heterocycles. The third-order valence-corrected chi connectivity index (χ3v) is 21.9. The van der Waals surface area contributed by atoms with E-state index in [1.54, 1.807) is 0 Å². The average Bonchev–Trinajstić information content (AvgIpc) is 0.797. The van der Waals surface area contributed by atoms with Gasteiger partial charge in [-0.3, -0.25) is 0 Å². The molecule has 0 radical (unpaired) electrons. The number of para-hydroxylation sites is 1. The first kappa shape index (κ1) is 65.5. The lowest BCUT2D eigenvalue weighted by molar-refractivity contribution is 0.669. The van der Waals surface area contributed by atoms with Gasteiger partial charge in [0.25, 0.3) is 0 Å². The first-order chi connectivity index (χ1) is 56.1. The van der Waals surface area contributed by atoms with Crippen molar-refractivity contribution >= 4 is 130 Å². The van der Waals surface area contributed by atoms with E-state index in [1.165, 1.54) is 208 Å². The molecule has 0 saturated carbocycles. The molecule has 0 fully saturated rings. The summed E-state index contributed by atoms with van der Waals surface area (Å²) in [5.41, 5.74) is 19.6. The number of rotatable bonds is 7. The van der Waals surface area contributed by atoms with Crippen LogP contribution in [0.4, 0.5) is 0 Å². The fourth-order valence-electron chi connectivity index (χ4n) is 17.1. The standard InChI is InChI=1S/C40H26.C34H22.C32H20O.3CH4/c1-2-12-31-26-32(25-22-27(31)10-1)28-20-23-30(24-21-28)39-35-15-5-7-17-37(35)40(38-18-8-6-16-36(38)39)34-19-9-13-29-11-3-4-14-33(29)34;1-2-12-25-22-26(21-20-23(25)10-1)33-29-15-5-7-17-31(29)34(32-18-8-6-16-30(32)33)28-19-9-13-24-11-3-4-14-27(24)28;1-2-10-21(11-3-1)31-24-13-4-6-15-26(24)32(27-16-7-5-14-25(27)31)22-18-19-30-28(20-22)23-12-8-9-17-29(23)33-30;;;/h1-26H;1-22H;1-20H;3*1H4/i;;;3*1D. The summed E-state index contributed by atoms with van der Waals surface area (Å²) in [5, 5.41) is 27.9. The molecule has 0 aliphatic carbocycles. The molecule has 0 aliphatic heterocycles. The normalized spacial score (nSPS) is 11.4. The van der Waals surface area contributed by atoms with Crippen molar-refractivity contribution in [3.63, 3.8) is 0 Å². The predicted molar refractivity (Wildman–Crippen MR) is 480 cm³/mol. The summed E-state index contributed by atoms with van der Waals surface area (Å²) in [7, 11) is 3.75. The second-order valence-corrected chi connectivity index (χ2v) is 28.0. The van der Waals surface area contributed by atoms with E-state index in [0.717, 1.165) is 21.9 Å². The first-order valence-electron chi connectivity index (χ1n) is 39.9. The summed E-state index contributed by atoms with van der Waals surface area (Å²) in [5.74, 6) is 0. The smallest absolute Gasteiger partial charge is 0.135 e. The third-order valence-electron chi connectivity index (χ3n) is 21.9. The molecule has 0 N–H and O–H groups in total. The molecule has 1 aromatic heterocycles. The largest absolute Gasteiger partial charge is 0.456 e. The molecule has 0 spiro atoms. The van der Waals surface area contributed by atoms with E-state index in [1.807, 2.05) is 12.1 Å². The first-order valence-corrected chi connectivity index (χ1v) is 36.9. The van der Waals surface area contributed by atoms with Gasteiger partial charge in [0.15, 0.2) is 0 Å². The minimum Gasteiger partial charge on any atom is -0.456 e. The van der Waals surface area contributed by atoms with Crippen LogP contribution in [0.3, 0.4) is 0 Å². The minimum atomic E-state index is 0.925. The van der Waals surface area contributed by atoms with E-state index in [-0.39, 0.29) is 0 Å². The molecule has 1 nitrogen and oxygen atoms in total. The summed E-state index contributed by atoms with van der Waals surface area (Å²) >= 11 is 0. The maximum atomic E-state index is 6.10. The van der Waals surface area contributed by atoms with Gasteiger partial charge in [0, 0.05) is 14.9 Å². The Morgan fingerprint density at radius 2 is 0.409 bits per heavy atom. The van der Waals surface area contributed by atoms with Gasteiger partial charge in [-0.05, 0) is 216 Å². The number of fused-ring (bicyclic) bond motifs is 13. The van der Waals surface area contributed by atoms with Crippen LogP contribution >= 0.6 is 0 Å². The Bertz CT molecular complexity index is 7080. The summed E-state index contributed by atoms with van der Waals surface area (Å²) < 4.78 is 23.3. The second kappa shape index (κ2) is 29.4. The summed E-state index contributed by atoms with van der Waals surface area (Å²) in [4.78, 5) is 0. The molecule has 21 aromatic carbocycles.